The van der Waals surface area contributed by atoms with Crippen LogP contribution in [0.4, 0.5) is 13.2 Å². The van der Waals surface area contributed by atoms with Crippen LogP contribution >= 0.6 is 0 Å². The molecule has 0 amide bonds. The van der Waals surface area contributed by atoms with E-state index in [4.69, 9.17) is 5.11 Å². The average molecular weight is 260 g/mol. The van der Waals surface area contributed by atoms with Crippen LogP contribution in [0.2, 0.25) is 0 Å². The van der Waals surface area contributed by atoms with Gasteiger partial charge in [0.25, 0.3) is 0 Å². The van der Waals surface area contributed by atoms with Gasteiger partial charge in [-0.2, -0.15) is 8.78 Å². The maximum atomic E-state index is 14.1. The van der Waals surface area contributed by atoms with E-state index in [0.29, 0.717) is 0 Å². The molecule has 1 aromatic rings. The highest BCUT2D eigenvalue weighted by molar-refractivity contribution is 5.32. The molecular formula is C14H19F3O. The summed E-state index contributed by atoms with van der Waals surface area (Å²) in [6.07, 6.45) is -1.92. The second-order valence-electron chi connectivity index (χ2n) is 5.04. The minimum absolute atomic E-state index is 0.148. The molecule has 18 heavy (non-hydrogen) atoms. The van der Waals surface area contributed by atoms with Gasteiger partial charge in [-0.25, -0.2) is 4.39 Å². The van der Waals surface area contributed by atoms with Gasteiger partial charge < -0.3 is 5.11 Å². The maximum absolute atomic E-state index is 14.1. The first-order valence-electron chi connectivity index (χ1n) is 6.04. The Bertz CT molecular complexity index is 414. The topological polar surface area (TPSA) is 20.2 Å². The fourth-order valence-corrected chi connectivity index (χ4v) is 1.74. The summed E-state index contributed by atoms with van der Waals surface area (Å²) in [6, 6.07) is 3.95. The Morgan fingerprint density at radius 2 is 1.67 bits per heavy atom. The molecule has 1 aromatic carbocycles. The summed E-state index contributed by atoms with van der Waals surface area (Å²) in [7, 11) is 0. The number of alkyl halides is 2. The summed E-state index contributed by atoms with van der Waals surface area (Å²) in [5.41, 5.74) is -0.467. The molecule has 1 nitrogen and oxygen atoms in total. The minimum Gasteiger partial charge on any atom is -0.387 e. The van der Waals surface area contributed by atoms with E-state index in [-0.39, 0.29) is 17.4 Å². The summed E-state index contributed by atoms with van der Waals surface area (Å²) in [5.74, 6) is -4.49. The van der Waals surface area contributed by atoms with Gasteiger partial charge in [-0.1, -0.05) is 32.9 Å². The van der Waals surface area contributed by atoms with E-state index in [2.05, 4.69) is 0 Å². The molecule has 0 aromatic heterocycles. The molecule has 0 aliphatic heterocycles. The molecule has 1 unspecified atom stereocenters. The molecule has 0 fully saturated rings. The van der Waals surface area contributed by atoms with Crippen molar-refractivity contribution in [3.8, 4) is 0 Å². The Morgan fingerprint density at radius 1 is 1.11 bits per heavy atom. The van der Waals surface area contributed by atoms with Crippen molar-refractivity contribution >= 4 is 0 Å². The van der Waals surface area contributed by atoms with Crippen LogP contribution in [-0.4, -0.2) is 11.2 Å². The van der Waals surface area contributed by atoms with Gasteiger partial charge in [0, 0.05) is 0 Å². The summed E-state index contributed by atoms with van der Waals surface area (Å²) >= 11 is 0. The van der Waals surface area contributed by atoms with Gasteiger partial charge in [-0.15, -0.1) is 0 Å². The van der Waals surface area contributed by atoms with E-state index in [1.54, 1.807) is 6.92 Å². The van der Waals surface area contributed by atoms with Gasteiger partial charge >= 0.3 is 5.92 Å². The number of hydrogen-bond donors (Lipinski definition) is 1. The zero-order valence-electron chi connectivity index (χ0n) is 11.0. The van der Waals surface area contributed by atoms with E-state index >= 15 is 0 Å². The SMILES string of the molecule is CC(C)C(C)c1cccc(C(F)(F)[C@@H](C)O)c1F. The van der Waals surface area contributed by atoms with E-state index in [1.165, 1.54) is 12.1 Å². The van der Waals surface area contributed by atoms with Crippen molar-refractivity contribution in [1.29, 1.82) is 0 Å². The zero-order valence-corrected chi connectivity index (χ0v) is 11.0. The third-order valence-corrected chi connectivity index (χ3v) is 3.40. The van der Waals surface area contributed by atoms with Crippen molar-refractivity contribution in [2.24, 2.45) is 5.92 Å². The lowest BCUT2D eigenvalue weighted by Gasteiger charge is -2.23. The predicted octanol–water partition coefficient (Wildman–Crippen LogP) is 4.06. The number of rotatable bonds is 4. The number of aliphatic hydroxyl groups excluding tert-OH is 1. The van der Waals surface area contributed by atoms with Crippen molar-refractivity contribution < 1.29 is 18.3 Å². The van der Waals surface area contributed by atoms with Crippen LogP contribution in [0.3, 0.4) is 0 Å². The Morgan fingerprint density at radius 3 is 2.11 bits per heavy atom. The van der Waals surface area contributed by atoms with Gasteiger partial charge in [0.2, 0.25) is 0 Å². The normalized spacial score (nSPS) is 15.8. The van der Waals surface area contributed by atoms with Crippen LogP contribution in [-0.2, 0) is 5.92 Å². The quantitative estimate of drug-likeness (QED) is 0.865. The van der Waals surface area contributed by atoms with Crippen molar-refractivity contribution in [1.82, 2.24) is 0 Å². The standard InChI is InChI=1S/C14H19F3O/c1-8(2)9(3)11-6-5-7-12(13(11)15)14(16,17)10(4)18/h5-10,18H,1-4H3/t9?,10-/m1/s1. The largest absolute Gasteiger partial charge is 0.387 e. The lowest BCUT2D eigenvalue weighted by molar-refractivity contribution is -0.108. The Hall–Kier alpha value is -1.03. The number of benzene rings is 1. The predicted molar refractivity (Wildman–Crippen MR) is 65.2 cm³/mol. The Kier molecular flexibility index (Phi) is 4.43. The molecule has 0 heterocycles. The van der Waals surface area contributed by atoms with E-state index in [9.17, 15) is 13.2 Å². The van der Waals surface area contributed by atoms with Crippen molar-refractivity contribution in [2.75, 3.05) is 0 Å². The molecular weight excluding hydrogens is 241 g/mol. The average Bonchev–Trinajstić information content (AvgIpc) is 2.27. The second-order valence-corrected chi connectivity index (χ2v) is 5.04. The van der Waals surface area contributed by atoms with Crippen molar-refractivity contribution in [2.45, 2.75) is 45.6 Å². The van der Waals surface area contributed by atoms with Gasteiger partial charge in [0.15, 0.2) is 0 Å². The van der Waals surface area contributed by atoms with Crippen LogP contribution < -0.4 is 0 Å². The molecule has 0 saturated heterocycles. The fraction of sp³-hybridized carbons (Fsp3) is 0.571. The van der Waals surface area contributed by atoms with E-state index in [0.717, 1.165) is 13.0 Å². The highest BCUT2D eigenvalue weighted by atomic mass is 19.3. The summed E-state index contributed by atoms with van der Waals surface area (Å²) in [4.78, 5) is 0. The number of hydrogen-bond acceptors (Lipinski definition) is 1. The molecule has 0 radical (unpaired) electrons. The van der Waals surface area contributed by atoms with E-state index in [1.807, 2.05) is 13.8 Å². The first kappa shape index (κ1) is 15.0. The molecule has 0 bridgehead atoms. The zero-order chi connectivity index (χ0) is 14.1. The van der Waals surface area contributed by atoms with Gasteiger partial charge in [-0.3, -0.25) is 0 Å². The Labute approximate surface area is 106 Å². The molecule has 0 saturated carbocycles. The van der Waals surface area contributed by atoms with Gasteiger partial charge in [0.05, 0.1) is 5.56 Å². The molecule has 0 spiro atoms. The maximum Gasteiger partial charge on any atom is 0.301 e. The fourth-order valence-electron chi connectivity index (χ4n) is 1.74. The highest BCUT2D eigenvalue weighted by Crippen LogP contribution is 2.37. The summed E-state index contributed by atoms with van der Waals surface area (Å²) in [6.45, 7) is 6.57. The molecule has 102 valence electrons. The van der Waals surface area contributed by atoms with E-state index < -0.39 is 23.4 Å². The number of aliphatic hydroxyl groups is 1. The van der Waals surface area contributed by atoms with Crippen LogP contribution in [0.1, 0.15) is 44.7 Å². The molecule has 4 heteroatoms. The summed E-state index contributed by atoms with van der Waals surface area (Å²) < 4.78 is 41.5. The van der Waals surface area contributed by atoms with Gasteiger partial charge in [0.1, 0.15) is 11.9 Å². The van der Waals surface area contributed by atoms with Crippen LogP contribution in [0, 0.1) is 11.7 Å². The molecule has 0 aliphatic rings. The minimum atomic E-state index is -3.57. The highest BCUT2D eigenvalue weighted by Gasteiger charge is 2.40. The van der Waals surface area contributed by atoms with Gasteiger partial charge in [-0.05, 0) is 30.4 Å². The first-order chi connectivity index (χ1) is 8.19. The second kappa shape index (κ2) is 5.31. The van der Waals surface area contributed by atoms with Crippen LogP contribution in [0.5, 0.6) is 0 Å². The Balaban J connectivity index is 3.30. The van der Waals surface area contributed by atoms with Crippen LogP contribution in [0.25, 0.3) is 0 Å². The first-order valence-corrected chi connectivity index (χ1v) is 6.04. The third kappa shape index (κ3) is 2.69. The molecule has 1 rings (SSSR count). The smallest absolute Gasteiger partial charge is 0.301 e. The van der Waals surface area contributed by atoms with Crippen molar-refractivity contribution in [3.05, 3.63) is 35.1 Å². The monoisotopic (exact) mass is 260 g/mol. The lowest BCUT2D eigenvalue weighted by atomic mass is 9.87. The van der Waals surface area contributed by atoms with Crippen LogP contribution in [0.15, 0.2) is 18.2 Å². The lowest BCUT2D eigenvalue weighted by Crippen LogP contribution is -2.29. The summed E-state index contributed by atoms with van der Waals surface area (Å²) in [5, 5.41) is 9.08. The third-order valence-electron chi connectivity index (χ3n) is 3.40. The van der Waals surface area contributed by atoms with Crippen molar-refractivity contribution in [3.63, 3.8) is 0 Å². The molecule has 2 atom stereocenters. The number of halogens is 3. The molecule has 0 aliphatic carbocycles. The molecule has 1 N–H and O–H groups in total.